The van der Waals surface area contributed by atoms with E-state index in [1.165, 1.54) is 6.92 Å². The highest BCUT2D eigenvalue weighted by Gasteiger charge is 2.31. The Hall–Kier alpha value is -4.40. The lowest BCUT2D eigenvalue weighted by molar-refractivity contribution is 0.101. The van der Waals surface area contributed by atoms with Crippen LogP contribution in [-0.2, 0) is 14.1 Å². The van der Waals surface area contributed by atoms with E-state index in [-0.39, 0.29) is 18.1 Å². The number of nitrogens with zero attached hydrogens (tertiary/aromatic N) is 5. The summed E-state index contributed by atoms with van der Waals surface area (Å²) in [5.74, 6) is 1.21. The number of methoxy groups -OCH3 is 1. The molecule has 0 saturated carbocycles. The van der Waals surface area contributed by atoms with Crippen molar-refractivity contribution in [1.82, 2.24) is 23.9 Å². The van der Waals surface area contributed by atoms with Gasteiger partial charge in [-0.2, -0.15) is 5.10 Å². The highest BCUT2D eigenvalue weighted by molar-refractivity contribution is 6.10. The summed E-state index contributed by atoms with van der Waals surface area (Å²) in [7, 11) is 5.21. The van der Waals surface area contributed by atoms with E-state index in [1.54, 1.807) is 52.5 Å². The van der Waals surface area contributed by atoms with Crippen molar-refractivity contribution in [2.24, 2.45) is 14.1 Å². The average Bonchev–Trinajstić information content (AvgIpc) is 3.33. The van der Waals surface area contributed by atoms with Crippen LogP contribution in [0.4, 0.5) is 0 Å². The molecule has 0 amide bonds. The van der Waals surface area contributed by atoms with Gasteiger partial charge in [0.15, 0.2) is 5.78 Å². The molecule has 5 aromatic rings. The number of ether oxygens (including phenoxy) is 2. The molecule has 9 heteroatoms. The summed E-state index contributed by atoms with van der Waals surface area (Å²) in [6, 6.07) is 8.80. The van der Waals surface area contributed by atoms with Gasteiger partial charge in [0.25, 0.3) is 0 Å². The summed E-state index contributed by atoms with van der Waals surface area (Å²) in [4.78, 5) is 30.0. The summed E-state index contributed by atoms with van der Waals surface area (Å²) < 4.78 is 17.4. The number of aryl methyl sites for hydroxylation is 2. The monoisotopic (exact) mass is 469 g/mol. The molecule has 0 radical (unpaired) electrons. The normalized spacial score (nSPS) is 14.9. The summed E-state index contributed by atoms with van der Waals surface area (Å²) in [6.07, 6.45) is 5.37. The van der Waals surface area contributed by atoms with Crippen molar-refractivity contribution in [3.63, 3.8) is 0 Å². The number of Topliss-reactive ketones (excluding diaryl/α,β-unsaturated/α-hetero) is 1. The zero-order chi connectivity index (χ0) is 24.4. The zero-order valence-electron chi connectivity index (χ0n) is 19.8. The second-order valence-electron chi connectivity index (χ2n) is 8.79. The van der Waals surface area contributed by atoms with E-state index in [1.807, 2.05) is 31.4 Å². The second-order valence-corrected chi connectivity index (χ2v) is 8.79. The molecule has 1 atom stereocenters. The number of aromatic nitrogens is 5. The molecule has 4 heterocycles. The molecular formula is C26H23N5O4. The Morgan fingerprint density at radius 1 is 1.17 bits per heavy atom. The molecule has 6 rings (SSSR count). The van der Waals surface area contributed by atoms with Gasteiger partial charge in [0.1, 0.15) is 18.1 Å². The van der Waals surface area contributed by atoms with Crippen LogP contribution in [0, 0.1) is 0 Å². The number of hydrogen-bond donors (Lipinski definition) is 0. The molecule has 0 saturated heterocycles. The minimum Gasteiger partial charge on any atom is -0.496 e. The third-order valence-corrected chi connectivity index (χ3v) is 6.74. The minimum atomic E-state index is -0.405. The quantitative estimate of drug-likeness (QED) is 0.374. The smallest absolute Gasteiger partial charge is 0.329 e. The lowest BCUT2D eigenvalue weighted by Crippen LogP contribution is -2.29. The van der Waals surface area contributed by atoms with E-state index in [0.29, 0.717) is 28.1 Å². The van der Waals surface area contributed by atoms with Crippen molar-refractivity contribution in [3.8, 4) is 22.6 Å². The Morgan fingerprint density at radius 3 is 2.60 bits per heavy atom. The molecule has 3 aromatic heterocycles. The first kappa shape index (κ1) is 21.2. The predicted octanol–water partition coefficient (Wildman–Crippen LogP) is 3.48. The van der Waals surface area contributed by atoms with Gasteiger partial charge in [-0.05, 0) is 12.5 Å². The van der Waals surface area contributed by atoms with Gasteiger partial charge in [0.05, 0.1) is 53.0 Å². The molecule has 0 aliphatic carbocycles. The van der Waals surface area contributed by atoms with Crippen LogP contribution in [0.2, 0.25) is 0 Å². The molecule has 35 heavy (non-hydrogen) atoms. The molecule has 1 unspecified atom stereocenters. The molecule has 2 aromatic carbocycles. The number of carbonyl (C=O) groups excluding carboxylic acids is 1. The van der Waals surface area contributed by atoms with E-state index >= 15 is 0 Å². The third kappa shape index (κ3) is 3.01. The van der Waals surface area contributed by atoms with Gasteiger partial charge in [-0.15, -0.1) is 0 Å². The van der Waals surface area contributed by atoms with Crippen LogP contribution >= 0.6 is 0 Å². The first-order valence-electron chi connectivity index (χ1n) is 11.2. The molecule has 1 aliphatic heterocycles. The molecular weight excluding hydrogens is 446 g/mol. The van der Waals surface area contributed by atoms with Gasteiger partial charge in [0, 0.05) is 37.5 Å². The Balaban J connectivity index is 1.69. The van der Waals surface area contributed by atoms with Gasteiger partial charge in [-0.3, -0.25) is 23.6 Å². The Kier molecular flexibility index (Phi) is 4.57. The maximum absolute atomic E-state index is 13.5. The molecule has 9 nitrogen and oxygen atoms in total. The highest BCUT2D eigenvalue weighted by Crippen LogP contribution is 2.47. The van der Waals surface area contributed by atoms with Crippen LogP contribution in [-0.4, -0.2) is 43.4 Å². The average molecular weight is 470 g/mol. The fourth-order valence-electron chi connectivity index (χ4n) is 4.96. The fourth-order valence-corrected chi connectivity index (χ4v) is 4.96. The Bertz CT molecular complexity index is 1710. The number of hydrogen-bond acceptors (Lipinski definition) is 6. The van der Waals surface area contributed by atoms with Crippen LogP contribution in [0.3, 0.4) is 0 Å². The second kappa shape index (κ2) is 7.56. The first-order chi connectivity index (χ1) is 16.9. The number of benzene rings is 2. The van der Waals surface area contributed by atoms with Gasteiger partial charge in [0.2, 0.25) is 0 Å². The fraction of sp³-hybridized carbons (Fsp3) is 0.231. The van der Waals surface area contributed by atoms with Crippen LogP contribution in [0.1, 0.15) is 28.9 Å². The number of imidazole rings is 1. The molecule has 0 bridgehead atoms. The van der Waals surface area contributed by atoms with Crippen molar-refractivity contribution in [3.05, 3.63) is 70.5 Å². The van der Waals surface area contributed by atoms with Crippen molar-refractivity contribution >= 4 is 27.7 Å². The predicted molar refractivity (Wildman–Crippen MR) is 131 cm³/mol. The van der Waals surface area contributed by atoms with Gasteiger partial charge in [-0.25, -0.2) is 4.79 Å². The van der Waals surface area contributed by atoms with Crippen molar-refractivity contribution < 1.29 is 14.3 Å². The molecule has 0 fully saturated rings. The lowest BCUT2D eigenvalue weighted by Gasteiger charge is -2.19. The summed E-state index contributed by atoms with van der Waals surface area (Å²) in [6.45, 7) is 1.75. The largest absolute Gasteiger partial charge is 0.496 e. The maximum Gasteiger partial charge on any atom is 0.329 e. The molecule has 1 aliphatic rings. The summed E-state index contributed by atoms with van der Waals surface area (Å²) in [5, 5.41) is 5.08. The summed E-state index contributed by atoms with van der Waals surface area (Å²) in [5.41, 5.74) is 5.06. The number of ketones is 1. The third-order valence-electron chi connectivity index (χ3n) is 6.74. The molecule has 176 valence electrons. The van der Waals surface area contributed by atoms with Gasteiger partial charge >= 0.3 is 5.69 Å². The number of rotatable bonds is 4. The van der Waals surface area contributed by atoms with Crippen LogP contribution in [0.25, 0.3) is 33.1 Å². The zero-order valence-corrected chi connectivity index (χ0v) is 19.8. The van der Waals surface area contributed by atoms with Crippen LogP contribution in [0.5, 0.6) is 11.5 Å². The number of pyridine rings is 1. The van der Waals surface area contributed by atoms with Crippen molar-refractivity contribution in [2.75, 3.05) is 13.7 Å². The van der Waals surface area contributed by atoms with Crippen molar-refractivity contribution in [2.45, 2.75) is 13.0 Å². The lowest BCUT2D eigenvalue weighted by atomic mass is 10.0. The minimum absolute atomic E-state index is 0.00982. The number of carbonyl (C=O) groups is 1. The van der Waals surface area contributed by atoms with Crippen molar-refractivity contribution in [1.29, 1.82) is 0 Å². The van der Waals surface area contributed by atoms with Crippen LogP contribution < -0.4 is 15.2 Å². The highest BCUT2D eigenvalue weighted by atomic mass is 16.5. The van der Waals surface area contributed by atoms with E-state index in [0.717, 1.165) is 27.6 Å². The Morgan fingerprint density at radius 2 is 1.94 bits per heavy atom. The standard InChI is InChI=1S/C26H23N5O4/c1-14(32)15-5-7-16(8-6-15)20-13-35-25-22(17-10-28-29(2)12-17)21(34-4)9-18-23(25)24-19(11-27-18)30(3)26(33)31(20)24/h5-12,20H,13H2,1-4H3. The maximum atomic E-state index is 13.5. The van der Waals surface area contributed by atoms with Gasteiger partial charge < -0.3 is 9.47 Å². The summed E-state index contributed by atoms with van der Waals surface area (Å²) >= 11 is 0. The Labute approximate surface area is 200 Å². The molecule has 0 N–H and O–H groups in total. The first-order valence-corrected chi connectivity index (χ1v) is 11.2. The van der Waals surface area contributed by atoms with Gasteiger partial charge in [-0.1, -0.05) is 24.3 Å². The SMILES string of the molecule is COc1cc2ncc3c4c2c(c1-c1cnn(C)c1)OCC(c1ccc(C(C)=O)cc1)n4c(=O)n3C. The van der Waals surface area contributed by atoms with E-state index in [2.05, 4.69) is 10.1 Å². The van der Waals surface area contributed by atoms with E-state index in [9.17, 15) is 9.59 Å². The van der Waals surface area contributed by atoms with E-state index in [4.69, 9.17) is 9.47 Å². The topological polar surface area (TPSA) is 93.2 Å². The molecule has 0 spiro atoms. The van der Waals surface area contributed by atoms with E-state index < -0.39 is 6.04 Å². The van der Waals surface area contributed by atoms with Crippen LogP contribution in [0.15, 0.2) is 53.7 Å².